The summed E-state index contributed by atoms with van der Waals surface area (Å²) in [6.07, 6.45) is -0.314. The lowest BCUT2D eigenvalue weighted by Gasteiger charge is -2.23. The molecule has 3 rings (SSSR count). The predicted octanol–water partition coefficient (Wildman–Crippen LogP) is 2.45. The number of hydrogen-bond acceptors (Lipinski definition) is 4. The van der Waals surface area contributed by atoms with Crippen LogP contribution in [0.4, 0.5) is 0 Å². The van der Waals surface area contributed by atoms with E-state index in [0.717, 1.165) is 10.4 Å². The van der Waals surface area contributed by atoms with Crippen molar-refractivity contribution < 1.29 is 14.3 Å². The average molecular weight is 301 g/mol. The molecular formula is C16H15NO3S. The fourth-order valence-electron chi connectivity index (χ4n) is 2.35. The molecule has 1 amide bonds. The van der Waals surface area contributed by atoms with Crippen molar-refractivity contribution in [1.82, 2.24) is 5.32 Å². The van der Waals surface area contributed by atoms with Gasteiger partial charge in [0.15, 0.2) is 6.10 Å². The molecule has 1 aliphatic rings. The van der Waals surface area contributed by atoms with E-state index < -0.39 is 12.1 Å². The van der Waals surface area contributed by atoms with Crippen LogP contribution in [0.2, 0.25) is 0 Å². The first kappa shape index (κ1) is 13.8. The molecule has 0 bridgehead atoms. The first-order chi connectivity index (χ1) is 10.1. The summed E-state index contributed by atoms with van der Waals surface area (Å²) in [7, 11) is 0. The number of hydrogen-bond donors (Lipinski definition) is 1. The molecule has 1 aromatic carbocycles. The van der Waals surface area contributed by atoms with Crippen LogP contribution in [0.3, 0.4) is 0 Å². The molecule has 1 aliphatic heterocycles. The Hall–Kier alpha value is -2.14. The molecule has 0 saturated heterocycles. The summed E-state index contributed by atoms with van der Waals surface area (Å²) >= 11 is 1.64. The van der Waals surface area contributed by atoms with Gasteiger partial charge in [-0.1, -0.05) is 18.2 Å². The fourth-order valence-corrected chi connectivity index (χ4v) is 3.18. The van der Waals surface area contributed by atoms with Crippen LogP contribution in [0.5, 0.6) is 0 Å². The molecule has 0 aliphatic carbocycles. The van der Waals surface area contributed by atoms with E-state index in [9.17, 15) is 9.59 Å². The van der Waals surface area contributed by atoms with E-state index in [1.54, 1.807) is 23.5 Å². The van der Waals surface area contributed by atoms with Gasteiger partial charge in [-0.15, -0.1) is 11.3 Å². The van der Waals surface area contributed by atoms with Gasteiger partial charge in [-0.25, -0.2) is 4.79 Å². The van der Waals surface area contributed by atoms with E-state index in [1.807, 2.05) is 31.2 Å². The zero-order valence-electron chi connectivity index (χ0n) is 11.6. The number of nitrogens with one attached hydrogen (secondary N) is 1. The second-order valence-corrected chi connectivity index (χ2v) is 6.36. The van der Waals surface area contributed by atoms with Crippen LogP contribution in [-0.2, 0) is 22.5 Å². The van der Waals surface area contributed by atoms with Crippen molar-refractivity contribution in [2.75, 3.05) is 0 Å². The maximum absolute atomic E-state index is 12.1. The lowest BCUT2D eigenvalue weighted by atomic mass is 9.98. The normalized spacial score (nSPS) is 17.0. The summed E-state index contributed by atoms with van der Waals surface area (Å²) in [6.45, 7) is 2.49. The van der Waals surface area contributed by atoms with Gasteiger partial charge in [0, 0.05) is 16.2 Å². The van der Waals surface area contributed by atoms with E-state index in [1.165, 1.54) is 4.88 Å². The maximum Gasteiger partial charge on any atom is 0.339 e. The molecule has 1 atom stereocenters. The number of aryl methyl sites for hydroxylation is 1. The number of fused-ring (bicyclic) bond motifs is 1. The van der Waals surface area contributed by atoms with Crippen LogP contribution in [0.25, 0.3) is 0 Å². The second-order valence-electron chi connectivity index (χ2n) is 4.99. The molecule has 0 fully saturated rings. The molecular weight excluding hydrogens is 286 g/mol. The lowest BCUT2D eigenvalue weighted by Crippen LogP contribution is -2.41. The summed E-state index contributed by atoms with van der Waals surface area (Å²) in [5, 5.41) is 2.83. The van der Waals surface area contributed by atoms with E-state index in [4.69, 9.17) is 4.74 Å². The summed E-state index contributed by atoms with van der Waals surface area (Å²) in [6, 6.07) is 11.2. The Labute approximate surface area is 126 Å². The van der Waals surface area contributed by atoms with Crippen molar-refractivity contribution in [3.63, 3.8) is 0 Å². The van der Waals surface area contributed by atoms with Gasteiger partial charge in [0.1, 0.15) is 0 Å². The zero-order chi connectivity index (χ0) is 14.8. The Balaban J connectivity index is 1.65. The van der Waals surface area contributed by atoms with Crippen molar-refractivity contribution in [2.45, 2.75) is 26.0 Å². The molecule has 2 aromatic rings. The molecule has 2 heterocycles. The SMILES string of the molecule is Cc1ccc(CNC(=O)C2Cc3ccccc3C(=O)O2)s1. The first-order valence-electron chi connectivity index (χ1n) is 6.75. The van der Waals surface area contributed by atoms with Crippen molar-refractivity contribution in [3.05, 3.63) is 57.3 Å². The number of benzene rings is 1. The van der Waals surface area contributed by atoms with Crippen LogP contribution >= 0.6 is 11.3 Å². The third kappa shape index (κ3) is 2.97. The molecule has 4 nitrogen and oxygen atoms in total. The Morgan fingerprint density at radius 2 is 2.14 bits per heavy atom. The van der Waals surface area contributed by atoms with Crippen LogP contribution in [0.1, 0.15) is 25.7 Å². The van der Waals surface area contributed by atoms with Crippen LogP contribution < -0.4 is 5.32 Å². The van der Waals surface area contributed by atoms with E-state index in [2.05, 4.69) is 5.32 Å². The Bertz CT molecular complexity index is 692. The molecule has 1 unspecified atom stereocenters. The Morgan fingerprint density at radius 1 is 1.33 bits per heavy atom. The first-order valence-corrected chi connectivity index (χ1v) is 7.57. The molecule has 1 aromatic heterocycles. The quantitative estimate of drug-likeness (QED) is 0.886. The number of amides is 1. The fraction of sp³-hybridized carbons (Fsp3) is 0.250. The molecule has 21 heavy (non-hydrogen) atoms. The van der Waals surface area contributed by atoms with Crippen LogP contribution in [0.15, 0.2) is 36.4 Å². The van der Waals surface area contributed by atoms with Gasteiger partial charge in [-0.05, 0) is 30.7 Å². The number of esters is 1. The highest BCUT2D eigenvalue weighted by Crippen LogP contribution is 2.21. The minimum absolute atomic E-state index is 0.246. The van der Waals surface area contributed by atoms with E-state index in [-0.39, 0.29) is 5.91 Å². The number of carbonyl (C=O) groups excluding carboxylic acids is 2. The smallest absolute Gasteiger partial charge is 0.339 e. The summed E-state index contributed by atoms with van der Waals surface area (Å²) in [5.41, 5.74) is 1.41. The number of rotatable bonds is 3. The van der Waals surface area contributed by atoms with Crippen LogP contribution in [-0.4, -0.2) is 18.0 Å². The van der Waals surface area contributed by atoms with Gasteiger partial charge in [-0.2, -0.15) is 0 Å². The van der Waals surface area contributed by atoms with E-state index >= 15 is 0 Å². The summed E-state index contributed by atoms with van der Waals surface area (Å²) in [5.74, 6) is -0.673. The third-order valence-electron chi connectivity index (χ3n) is 3.42. The zero-order valence-corrected chi connectivity index (χ0v) is 12.4. The summed E-state index contributed by atoms with van der Waals surface area (Å²) < 4.78 is 5.22. The van der Waals surface area contributed by atoms with Crippen molar-refractivity contribution >= 4 is 23.2 Å². The molecule has 1 N–H and O–H groups in total. The van der Waals surface area contributed by atoms with Gasteiger partial charge in [-0.3, -0.25) is 4.79 Å². The standard InChI is InChI=1S/C16H15NO3S/c1-10-6-7-12(21-10)9-17-15(18)14-8-11-4-2-3-5-13(11)16(19)20-14/h2-7,14H,8-9H2,1H3,(H,17,18). The third-order valence-corrected chi connectivity index (χ3v) is 4.42. The molecule has 5 heteroatoms. The molecule has 0 saturated carbocycles. The summed E-state index contributed by atoms with van der Waals surface area (Å²) in [4.78, 5) is 26.3. The minimum atomic E-state index is -0.742. The number of carbonyl (C=O) groups is 2. The molecule has 0 spiro atoms. The highest BCUT2D eigenvalue weighted by atomic mass is 32.1. The van der Waals surface area contributed by atoms with Crippen molar-refractivity contribution in [3.8, 4) is 0 Å². The number of cyclic esters (lactones) is 1. The largest absolute Gasteiger partial charge is 0.448 e. The van der Waals surface area contributed by atoms with Crippen LogP contribution in [0, 0.1) is 6.92 Å². The van der Waals surface area contributed by atoms with Gasteiger partial charge < -0.3 is 10.1 Å². The van der Waals surface area contributed by atoms with Gasteiger partial charge in [0.2, 0.25) is 0 Å². The number of thiophene rings is 1. The Morgan fingerprint density at radius 3 is 2.90 bits per heavy atom. The minimum Gasteiger partial charge on any atom is -0.448 e. The van der Waals surface area contributed by atoms with Gasteiger partial charge in [0.25, 0.3) is 5.91 Å². The second kappa shape index (κ2) is 5.69. The average Bonchev–Trinajstić information content (AvgIpc) is 2.90. The molecule has 0 radical (unpaired) electrons. The lowest BCUT2D eigenvalue weighted by molar-refractivity contribution is -0.130. The van der Waals surface area contributed by atoms with Crippen molar-refractivity contribution in [1.29, 1.82) is 0 Å². The topological polar surface area (TPSA) is 55.4 Å². The highest BCUT2D eigenvalue weighted by molar-refractivity contribution is 7.11. The highest BCUT2D eigenvalue weighted by Gasteiger charge is 2.30. The monoisotopic (exact) mass is 301 g/mol. The predicted molar refractivity (Wildman–Crippen MR) is 80.3 cm³/mol. The maximum atomic E-state index is 12.1. The Kier molecular flexibility index (Phi) is 3.75. The number of ether oxygens (including phenoxy) is 1. The van der Waals surface area contributed by atoms with E-state index in [0.29, 0.717) is 18.5 Å². The van der Waals surface area contributed by atoms with Gasteiger partial charge >= 0.3 is 5.97 Å². The molecule has 108 valence electrons. The van der Waals surface area contributed by atoms with Crippen molar-refractivity contribution in [2.24, 2.45) is 0 Å². The van der Waals surface area contributed by atoms with Gasteiger partial charge in [0.05, 0.1) is 12.1 Å².